The summed E-state index contributed by atoms with van der Waals surface area (Å²) in [5.74, 6) is -1.02. The van der Waals surface area contributed by atoms with Gasteiger partial charge in [-0.05, 0) is 18.4 Å². The van der Waals surface area contributed by atoms with Crippen molar-refractivity contribution in [3.8, 4) is 0 Å². The molecule has 1 aromatic carbocycles. The number of amides is 1. The second-order valence-corrected chi connectivity index (χ2v) is 4.87. The number of anilines is 1. The van der Waals surface area contributed by atoms with Crippen molar-refractivity contribution in [3.63, 3.8) is 0 Å². The van der Waals surface area contributed by atoms with Gasteiger partial charge in [0, 0.05) is 6.07 Å². The number of carbonyl (C=O) groups excluding carboxylic acids is 1. The third kappa shape index (κ3) is 2.05. The van der Waals surface area contributed by atoms with Crippen molar-refractivity contribution in [2.24, 2.45) is 0 Å². The zero-order chi connectivity index (χ0) is 14.2. The Labute approximate surface area is 114 Å². The number of hydrogen-bond acceptors (Lipinski definition) is 3. The largest absolute Gasteiger partial charge is 0.477 e. The van der Waals surface area contributed by atoms with E-state index in [2.05, 4.69) is 15.5 Å². The monoisotopic (exact) mass is 271 g/mol. The molecule has 3 rings (SSSR count). The van der Waals surface area contributed by atoms with Crippen LogP contribution in [0.1, 0.15) is 28.9 Å². The predicted molar refractivity (Wildman–Crippen MR) is 71.5 cm³/mol. The number of benzene rings is 1. The van der Waals surface area contributed by atoms with Crippen molar-refractivity contribution < 1.29 is 14.7 Å². The molecule has 6 nitrogen and oxygen atoms in total. The third-order valence-electron chi connectivity index (χ3n) is 3.56. The molecule has 102 valence electrons. The highest BCUT2D eigenvalue weighted by Gasteiger charge is 2.51. The Bertz CT molecular complexity index is 659. The van der Waals surface area contributed by atoms with Crippen LogP contribution in [0.25, 0.3) is 0 Å². The lowest BCUT2D eigenvalue weighted by atomic mass is 9.95. The molecule has 6 heteroatoms. The molecule has 0 saturated heterocycles. The molecule has 1 saturated carbocycles. The van der Waals surface area contributed by atoms with Gasteiger partial charge in [-0.3, -0.25) is 9.89 Å². The van der Waals surface area contributed by atoms with Crippen LogP contribution in [0.5, 0.6) is 0 Å². The number of rotatable bonds is 4. The summed E-state index contributed by atoms with van der Waals surface area (Å²) in [4.78, 5) is 23.1. The lowest BCUT2D eigenvalue weighted by Gasteiger charge is -2.14. The highest BCUT2D eigenvalue weighted by atomic mass is 16.4. The van der Waals surface area contributed by atoms with Crippen LogP contribution >= 0.6 is 0 Å². The molecule has 1 fully saturated rings. The lowest BCUT2D eigenvalue weighted by molar-refractivity contribution is -0.118. The van der Waals surface area contributed by atoms with Crippen LogP contribution in [0, 0.1) is 0 Å². The van der Waals surface area contributed by atoms with E-state index in [1.807, 2.05) is 30.3 Å². The molecule has 0 spiro atoms. The number of H-pyrrole nitrogens is 1. The smallest absolute Gasteiger partial charge is 0.353 e. The van der Waals surface area contributed by atoms with Crippen LogP contribution in [-0.4, -0.2) is 27.2 Å². The van der Waals surface area contributed by atoms with E-state index < -0.39 is 11.4 Å². The Balaban J connectivity index is 1.78. The number of hydrogen-bond donors (Lipinski definition) is 3. The molecule has 3 N–H and O–H groups in total. The summed E-state index contributed by atoms with van der Waals surface area (Å²) in [6.07, 6.45) is 1.58. The van der Waals surface area contributed by atoms with Crippen LogP contribution in [0.15, 0.2) is 36.4 Å². The Hall–Kier alpha value is -2.63. The molecular weight excluding hydrogens is 258 g/mol. The van der Waals surface area contributed by atoms with Gasteiger partial charge in [-0.2, -0.15) is 5.10 Å². The number of nitrogens with zero attached hydrogens (tertiary/aromatic N) is 1. The molecule has 0 bridgehead atoms. The minimum Gasteiger partial charge on any atom is -0.477 e. The van der Waals surface area contributed by atoms with Crippen molar-refractivity contribution in [2.45, 2.75) is 18.3 Å². The Kier molecular flexibility index (Phi) is 2.78. The first-order valence-corrected chi connectivity index (χ1v) is 6.27. The molecule has 0 atom stereocenters. The molecule has 0 radical (unpaired) electrons. The maximum Gasteiger partial charge on any atom is 0.353 e. The molecule has 1 aliphatic rings. The SMILES string of the molecule is O=C(O)c1cc(NC(=O)C2(c3ccccc3)CC2)n[nH]1. The topological polar surface area (TPSA) is 95.1 Å². The normalized spacial score (nSPS) is 15.6. The number of aromatic nitrogens is 2. The number of carbonyl (C=O) groups is 2. The summed E-state index contributed by atoms with van der Waals surface area (Å²) in [5.41, 5.74) is 0.431. The Morgan fingerprint density at radius 3 is 2.50 bits per heavy atom. The molecule has 0 aliphatic heterocycles. The van der Waals surface area contributed by atoms with Crippen molar-refractivity contribution in [1.29, 1.82) is 0 Å². The average molecular weight is 271 g/mol. The van der Waals surface area contributed by atoms with E-state index in [0.29, 0.717) is 0 Å². The molecular formula is C14H13N3O3. The number of aromatic amines is 1. The first-order chi connectivity index (χ1) is 9.62. The maximum absolute atomic E-state index is 12.4. The summed E-state index contributed by atoms with van der Waals surface area (Å²) in [6.45, 7) is 0. The standard InChI is InChI=1S/C14H13N3O3/c18-12(19)10-8-11(17-16-10)15-13(20)14(6-7-14)9-4-2-1-3-5-9/h1-5,8H,6-7H2,(H,18,19)(H2,15,16,17,20). The quantitative estimate of drug-likeness (QED) is 0.789. The van der Waals surface area contributed by atoms with Crippen molar-refractivity contribution in [1.82, 2.24) is 10.2 Å². The number of carboxylic acids is 1. The van der Waals surface area contributed by atoms with Crippen LogP contribution in [-0.2, 0) is 10.2 Å². The molecule has 1 aliphatic carbocycles. The van der Waals surface area contributed by atoms with Gasteiger partial charge >= 0.3 is 5.97 Å². The highest BCUT2D eigenvalue weighted by molar-refractivity contribution is 6.01. The van der Waals surface area contributed by atoms with E-state index in [9.17, 15) is 9.59 Å². The Morgan fingerprint density at radius 2 is 1.95 bits per heavy atom. The van der Waals surface area contributed by atoms with Gasteiger partial charge in [-0.15, -0.1) is 0 Å². The zero-order valence-corrected chi connectivity index (χ0v) is 10.6. The van der Waals surface area contributed by atoms with Crippen LogP contribution < -0.4 is 5.32 Å². The first kappa shape index (κ1) is 12.4. The highest BCUT2D eigenvalue weighted by Crippen LogP contribution is 2.48. The van der Waals surface area contributed by atoms with E-state index in [1.54, 1.807) is 0 Å². The summed E-state index contributed by atoms with van der Waals surface area (Å²) in [6, 6.07) is 10.9. The summed E-state index contributed by atoms with van der Waals surface area (Å²) < 4.78 is 0. The van der Waals surface area contributed by atoms with Gasteiger partial charge < -0.3 is 10.4 Å². The summed E-state index contributed by atoms with van der Waals surface area (Å²) in [7, 11) is 0. The van der Waals surface area contributed by atoms with Gasteiger partial charge in [-0.25, -0.2) is 4.79 Å². The van der Waals surface area contributed by atoms with E-state index in [4.69, 9.17) is 5.11 Å². The van der Waals surface area contributed by atoms with Crippen LogP contribution in [0.3, 0.4) is 0 Å². The van der Waals surface area contributed by atoms with Gasteiger partial charge in [0.25, 0.3) is 0 Å². The number of aromatic carboxylic acids is 1. The minimum atomic E-state index is -1.11. The molecule has 1 heterocycles. The second-order valence-electron chi connectivity index (χ2n) is 4.87. The van der Waals surface area contributed by atoms with Crippen LogP contribution in [0.4, 0.5) is 5.82 Å². The van der Waals surface area contributed by atoms with Gasteiger partial charge in [0.05, 0.1) is 5.41 Å². The fraction of sp³-hybridized carbons (Fsp3) is 0.214. The van der Waals surface area contributed by atoms with Gasteiger partial charge in [0.1, 0.15) is 5.69 Å². The zero-order valence-electron chi connectivity index (χ0n) is 10.6. The van der Waals surface area contributed by atoms with Crippen molar-refractivity contribution in [2.75, 3.05) is 5.32 Å². The van der Waals surface area contributed by atoms with Crippen molar-refractivity contribution >= 4 is 17.7 Å². The molecule has 2 aromatic rings. The molecule has 1 amide bonds. The van der Waals surface area contributed by atoms with E-state index in [-0.39, 0.29) is 17.4 Å². The van der Waals surface area contributed by atoms with Crippen LogP contribution in [0.2, 0.25) is 0 Å². The molecule has 1 aromatic heterocycles. The van der Waals surface area contributed by atoms with Gasteiger partial charge in [0.15, 0.2) is 5.82 Å². The molecule has 20 heavy (non-hydrogen) atoms. The van der Waals surface area contributed by atoms with Crippen molar-refractivity contribution in [3.05, 3.63) is 47.7 Å². The average Bonchev–Trinajstić information content (AvgIpc) is 3.14. The van der Waals surface area contributed by atoms with Gasteiger partial charge in [0.2, 0.25) is 5.91 Å². The van der Waals surface area contributed by atoms with E-state index >= 15 is 0 Å². The maximum atomic E-state index is 12.4. The predicted octanol–water partition coefficient (Wildman–Crippen LogP) is 1.78. The summed E-state index contributed by atoms with van der Waals surface area (Å²) in [5, 5.41) is 17.6. The molecule has 0 unspecified atom stereocenters. The third-order valence-corrected chi connectivity index (χ3v) is 3.56. The number of nitrogens with one attached hydrogen (secondary N) is 2. The Morgan fingerprint density at radius 1 is 1.25 bits per heavy atom. The lowest BCUT2D eigenvalue weighted by Crippen LogP contribution is -2.27. The minimum absolute atomic E-state index is 0.0511. The van der Waals surface area contributed by atoms with Gasteiger partial charge in [-0.1, -0.05) is 30.3 Å². The number of carboxylic acid groups (broad SMARTS) is 1. The van der Waals surface area contributed by atoms with E-state index in [1.165, 1.54) is 6.07 Å². The van der Waals surface area contributed by atoms with E-state index in [0.717, 1.165) is 18.4 Å². The second kappa shape index (κ2) is 4.48. The summed E-state index contributed by atoms with van der Waals surface area (Å²) >= 11 is 0. The first-order valence-electron chi connectivity index (χ1n) is 6.27. The fourth-order valence-electron chi connectivity index (χ4n) is 2.26. The fourth-order valence-corrected chi connectivity index (χ4v) is 2.26.